The second-order valence-corrected chi connectivity index (χ2v) is 7.05. The molecule has 2 aromatic carbocycles. The Morgan fingerprint density at radius 2 is 1.73 bits per heavy atom. The number of halogens is 3. The molecular formula is C16H12Cl3NOS. The van der Waals surface area contributed by atoms with E-state index in [-0.39, 0.29) is 0 Å². The third kappa shape index (κ3) is 3.72. The van der Waals surface area contributed by atoms with Crippen molar-refractivity contribution >= 4 is 51.6 Å². The summed E-state index contributed by atoms with van der Waals surface area (Å²) in [5, 5.41) is 2.66. The Hall–Kier alpha value is -0.870. The minimum absolute atomic E-state index is 0.381. The number of hydrogen-bond donors (Lipinski definition) is 0. The maximum absolute atomic E-state index is 6.31. The van der Waals surface area contributed by atoms with E-state index in [4.69, 9.17) is 39.5 Å². The average molecular weight is 373 g/mol. The van der Waals surface area contributed by atoms with Gasteiger partial charge in [0.25, 0.3) is 0 Å². The maximum Gasteiger partial charge on any atom is 0.157 e. The second-order valence-electron chi connectivity index (χ2n) is 4.72. The number of benzene rings is 2. The van der Waals surface area contributed by atoms with Crippen LogP contribution in [0.15, 0.2) is 41.4 Å². The SMILES string of the molecule is Clc1ccc(COc2c(Cl)cc(C3=NCCS3)cc2Cl)cc1. The van der Waals surface area contributed by atoms with Gasteiger partial charge in [-0.15, -0.1) is 11.8 Å². The van der Waals surface area contributed by atoms with Crippen LogP contribution in [-0.4, -0.2) is 17.3 Å². The van der Waals surface area contributed by atoms with Gasteiger partial charge in [0.2, 0.25) is 0 Å². The minimum atomic E-state index is 0.381. The molecule has 6 heteroatoms. The molecule has 0 radical (unpaired) electrons. The van der Waals surface area contributed by atoms with Gasteiger partial charge in [0.1, 0.15) is 6.61 Å². The number of hydrogen-bond acceptors (Lipinski definition) is 3. The molecule has 0 amide bonds. The van der Waals surface area contributed by atoms with E-state index in [0.717, 1.165) is 28.5 Å². The number of ether oxygens (including phenoxy) is 1. The Morgan fingerprint density at radius 1 is 1.05 bits per heavy atom. The zero-order valence-corrected chi connectivity index (χ0v) is 14.6. The van der Waals surface area contributed by atoms with Gasteiger partial charge in [0.05, 0.1) is 15.1 Å². The minimum Gasteiger partial charge on any atom is -0.486 e. The van der Waals surface area contributed by atoms with Crippen LogP contribution in [0.2, 0.25) is 15.1 Å². The molecular weight excluding hydrogens is 361 g/mol. The lowest BCUT2D eigenvalue weighted by atomic mass is 10.2. The zero-order valence-electron chi connectivity index (χ0n) is 11.5. The van der Waals surface area contributed by atoms with Gasteiger partial charge < -0.3 is 4.74 Å². The Morgan fingerprint density at radius 3 is 2.32 bits per heavy atom. The summed E-state index contributed by atoms with van der Waals surface area (Å²) >= 11 is 20.2. The van der Waals surface area contributed by atoms with Crippen LogP contribution < -0.4 is 4.74 Å². The van der Waals surface area contributed by atoms with E-state index in [0.29, 0.717) is 27.4 Å². The van der Waals surface area contributed by atoms with E-state index < -0.39 is 0 Å². The summed E-state index contributed by atoms with van der Waals surface area (Å²) in [6.07, 6.45) is 0. The normalized spacial score (nSPS) is 14.0. The summed E-state index contributed by atoms with van der Waals surface area (Å²) in [6.45, 7) is 1.22. The molecule has 114 valence electrons. The van der Waals surface area contributed by atoms with Crippen molar-refractivity contribution < 1.29 is 4.74 Å². The van der Waals surface area contributed by atoms with Gasteiger partial charge in [-0.25, -0.2) is 0 Å². The first-order valence-corrected chi connectivity index (χ1v) is 8.79. The second kappa shape index (κ2) is 7.14. The summed E-state index contributed by atoms with van der Waals surface area (Å²) in [6, 6.07) is 11.2. The summed E-state index contributed by atoms with van der Waals surface area (Å²) in [5.41, 5.74) is 1.94. The fraction of sp³-hybridized carbons (Fsp3) is 0.188. The first-order chi connectivity index (χ1) is 10.6. The van der Waals surface area contributed by atoms with Crippen molar-refractivity contribution in [3.63, 3.8) is 0 Å². The predicted octanol–water partition coefficient (Wildman–Crippen LogP) is 5.72. The Bertz CT molecular complexity index is 693. The van der Waals surface area contributed by atoms with Crippen molar-refractivity contribution in [2.24, 2.45) is 4.99 Å². The third-order valence-electron chi connectivity index (χ3n) is 3.13. The van der Waals surface area contributed by atoms with Crippen molar-refractivity contribution in [2.45, 2.75) is 6.61 Å². The number of nitrogens with zero attached hydrogens (tertiary/aromatic N) is 1. The van der Waals surface area contributed by atoms with Crippen LogP contribution in [0.5, 0.6) is 5.75 Å². The monoisotopic (exact) mass is 371 g/mol. The van der Waals surface area contributed by atoms with Crippen molar-refractivity contribution in [1.82, 2.24) is 0 Å². The van der Waals surface area contributed by atoms with E-state index >= 15 is 0 Å². The smallest absolute Gasteiger partial charge is 0.157 e. The van der Waals surface area contributed by atoms with E-state index in [1.54, 1.807) is 11.8 Å². The van der Waals surface area contributed by atoms with Crippen LogP contribution in [0, 0.1) is 0 Å². The molecule has 2 nitrogen and oxygen atoms in total. The van der Waals surface area contributed by atoms with Crippen LogP contribution in [0.3, 0.4) is 0 Å². The molecule has 0 unspecified atom stereocenters. The highest BCUT2D eigenvalue weighted by Gasteiger charge is 2.15. The molecule has 2 aromatic rings. The molecule has 1 aliphatic rings. The molecule has 0 N–H and O–H groups in total. The Balaban J connectivity index is 1.77. The molecule has 0 atom stereocenters. The first-order valence-electron chi connectivity index (χ1n) is 6.67. The highest BCUT2D eigenvalue weighted by molar-refractivity contribution is 8.14. The van der Waals surface area contributed by atoms with E-state index in [9.17, 15) is 0 Å². The molecule has 22 heavy (non-hydrogen) atoms. The molecule has 0 saturated heterocycles. The van der Waals surface area contributed by atoms with Gasteiger partial charge in [-0.3, -0.25) is 4.99 Å². The molecule has 0 saturated carbocycles. The van der Waals surface area contributed by atoms with Crippen molar-refractivity contribution in [2.75, 3.05) is 12.3 Å². The van der Waals surface area contributed by atoms with Crippen LogP contribution >= 0.6 is 46.6 Å². The lowest BCUT2D eigenvalue weighted by molar-refractivity contribution is 0.306. The van der Waals surface area contributed by atoms with Crippen LogP contribution in [-0.2, 0) is 6.61 Å². The Kier molecular flexibility index (Phi) is 5.19. The average Bonchev–Trinajstić information content (AvgIpc) is 3.02. The molecule has 1 heterocycles. The van der Waals surface area contributed by atoms with E-state index in [2.05, 4.69) is 4.99 Å². The summed E-state index contributed by atoms with van der Waals surface area (Å²) in [4.78, 5) is 4.43. The standard InChI is InChI=1S/C16H12Cl3NOS/c17-12-3-1-10(2-4-12)9-21-15-13(18)7-11(8-14(15)19)16-20-5-6-22-16/h1-4,7-8H,5-6,9H2. The van der Waals surface area contributed by atoms with E-state index in [1.807, 2.05) is 36.4 Å². The lowest BCUT2D eigenvalue weighted by Crippen LogP contribution is -1.99. The first kappa shape index (κ1) is 16.0. The maximum atomic E-state index is 6.31. The number of thioether (sulfide) groups is 1. The summed E-state index contributed by atoms with van der Waals surface area (Å²) in [5.74, 6) is 1.49. The molecule has 0 spiro atoms. The molecule has 0 aliphatic carbocycles. The van der Waals surface area contributed by atoms with E-state index in [1.165, 1.54) is 0 Å². The molecule has 3 rings (SSSR count). The lowest BCUT2D eigenvalue weighted by Gasteiger charge is -2.12. The highest BCUT2D eigenvalue weighted by atomic mass is 35.5. The number of rotatable bonds is 4. The fourth-order valence-corrected chi connectivity index (χ4v) is 3.63. The van der Waals surface area contributed by atoms with Crippen molar-refractivity contribution in [3.05, 3.63) is 62.6 Å². The quantitative estimate of drug-likeness (QED) is 0.684. The van der Waals surface area contributed by atoms with Crippen LogP contribution in [0.4, 0.5) is 0 Å². The van der Waals surface area contributed by atoms with Crippen molar-refractivity contribution in [3.8, 4) is 5.75 Å². The summed E-state index contributed by atoms with van der Waals surface area (Å²) in [7, 11) is 0. The zero-order chi connectivity index (χ0) is 15.5. The molecule has 0 bridgehead atoms. The van der Waals surface area contributed by atoms with Crippen LogP contribution in [0.25, 0.3) is 0 Å². The molecule has 1 aliphatic heterocycles. The van der Waals surface area contributed by atoms with Gasteiger partial charge in [-0.2, -0.15) is 0 Å². The largest absolute Gasteiger partial charge is 0.486 e. The Labute approximate surface area is 148 Å². The van der Waals surface area contributed by atoms with Crippen LogP contribution in [0.1, 0.15) is 11.1 Å². The van der Waals surface area contributed by atoms with Crippen molar-refractivity contribution in [1.29, 1.82) is 0 Å². The molecule has 0 fully saturated rings. The van der Waals surface area contributed by atoms with Gasteiger partial charge in [0, 0.05) is 22.9 Å². The van der Waals surface area contributed by atoms with Gasteiger partial charge in [0.15, 0.2) is 5.75 Å². The predicted molar refractivity (Wildman–Crippen MR) is 96.1 cm³/mol. The van der Waals surface area contributed by atoms with Gasteiger partial charge in [-0.1, -0.05) is 46.9 Å². The summed E-state index contributed by atoms with van der Waals surface area (Å²) < 4.78 is 5.76. The number of aliphatic imine (C=N–C) groups is 1. The van der Waals surface area contributed by atoms with Gasteiger partial charge in [-0.05, 0) is 29.8 Å². The van der Waals surface area contributed by atoms with Gasteiger partial charge >= 0.3 is 0 Å². The third-order valence-corrected chi connectivity index (χ3v) is 4.97. The topological polar surface area (TPSA) is 21.6 Å². The molecule has 0 aromatic heterocycles. The highest BCUT2D eigenvalue weighted by Crippen LogP contribution is 2.36. The fourth-order valence-electron chi connectivity index (χ4n) is 2.07.